The molecule has 0 aliphatic heterocycles. The summed E-state index contributed by atoms with van der Waals surface area (Å²) in [6.07, 6.45) is 0. The van der Waals surface area contributed by atoms with Gasteiger partial charge in [0.2, 0.25) is 0 Å². The zero-order valence-corrected chi connectivity index (χ0v) is 17.7. The van der Waals surface area contributed by atoms with Gasteiger partial charge in [0.25, 0.3) is 0 Å². The van der Waals surface area contributed by atoms with Crippen LogP contribution in [0.15, 0.2) is 23.1 Å². The van der Waals surface area contributed by atoms with E-state index in [9.17, 15) is 4.79 Å². The van der Waals surface area contributed by atoms with Gasteiger partial charge >= 0.3 is 5.97 Å². The zero-order valence-electron chi connectivity index (χ0n) is 15.9. The maximum absolute atomic E-state index is 12.2. The van der Waals surface area contributed by atoms with Crippen LogP contribution in [0.5, 0.6) is 0 Å². The number of hydrogen-bond acceptors (Lipinski definition) is 3. The Morgan fingerprint density at radius 2 is 1.61 bits per heavy atom. The number of carbonyl (C=O) groups excluding carboxylic acids is 1. The van der Waals surface area contributed by atoms with Crippen LogP contribution in [0.25, 0.3) is 0 Å². The number of rotatable bonds is 7. The van der Waals surface area contributed by atoms with Crippen molar-refractivity contribution in [1.29, 1.82) is 0 Å². The third-order valence-electron chi connectivity index (χ3n) is 4.77. The van der Waals surface area contributed by atoms with Crippen LogP contribution in [0.1, 0.15) is 64.4 Å². The van der Waals surface area contributed by atoms with Gasteiger partial charge in [0.1, 0.15) is 7.22 Å². The van der Waals surface area contributed by atoms with E-state index >= 15 is 0 Å². The van der Waals surface area contributed by atoms with E-state index in [2.05, 4.69) is 65.7 Å². The van der Waals surface area contributed by atoms with E-state index in [1.54, 1.807) is 0 Å². The van der Waals surface area contributed by atoms with Crippen molar-refractivity contribution in [3.8, 4) is 0 Å². The normalized spacial score (nSPS) is 12.3. The van der Waals surface area contributed by atoms with Crippen molar-refractivity contribution < 1.29 is 9.53 Å². The Hall–Kier alpha value is -0.743. The summed E-state index contributed by atoms with van der Waals surface area (Å²) >= 11 is 2.07. The van der Waals surface area contributed by atoms with Gasteiger partial charge in [-0.15, -0.1) is 11.2 Å². The van der Waals surface area contributed by atoms with Crippen molar-refractivity contribution in [3.63, 3.8) is 0 Å². The molecule has 1 rings (SSSR count). The molecule has 0 N–H and O–H groups in total. The maximum atomic E-state index is 12.2. The Kier molecular flexibility index (Phi) is 7.40. The quantitative estimate of drug-likeness (QED) is 0.417. The summed E-state index contributed by atoms with van der Waals surface area (Å²) in [7, 11) is -1.61. The Labute approximate surface area is 147 Å². The highest BCUT2D eigenvalue weighted by Crippen LogP contribution is 2.52. The number of hydrogen-bond donors (Lipinski definition) is 0. The lowest BCUT2D eigenvalue weighted by atomic mass is 10.1. The molecule has 0 saturated heterocycles. The van der Waals surface area contributed by atoms with E-state index < -0.39 is 7.22 Å². The summed E-state index contributed by atoms with van der Waals surface area (Å²) in [5.41, 5.74) is 3.81. The molecule has 0 aliphatic rings. The second kappa shape index (κ2) is 8.38. The third-order valence-corrected chi connectivity index (χ3v) is 17.2. The molecule has 0 unspecified atom stereocenters. The van der Waals surface area contributed by atoms with E-state index in [0.717, 1.165) is 5.56 Å². The molecule has 0 fully saturated rings. The van der Waals surface area contributed by atoms with Gasteiger partial charge in [-0.25, -0.2) is 4.79 Å². The molecule has 0 atom stereocenters. The van der Waals surface area contributed by atoms with Gasteiger partial charge in [0.15, 0.2) is 0 Å². The van der Waals surface area contributed by atoms with Crippen molar-refractivity contribution in [3.05, 3.63) is 29.3 Å². The van der Waals surface area contributed by atoms with Crippen LogP contribution in [-0.2, 0) is 4.74 Å². The topological polar surface area (TPSA) is 26.3 Å². The van der Waals surface area contributed by atoms with E-state index in [1.807, 2.05) is 19.1 Å². The van der Waals surface area contributed by atoms with Crippen molar-refractivity contribution >= 4 is 24.4 Å². The second-order valence-electron chi connectivity index (χ2n) is 7.07. The Morgan fingerprint density at radius 3 is 2.04 bits per heavy atom. The van der Waals surface area contributed by atoms with Crippen LogP contribution >= 0.6 is 11.2 Å². The first-order valence-electron chi connectivity index (χ1n) is 8.64. The molecule has 0 aliphatic carbocycles. The van der Waals surface area contributed by atoms with Crippen LogP contribution in [-0.4, -0.2) is 19.8 Å². The highest BCUT2D eigenvalue weighted by molar-refractivity contribution is 8.29. The van der Waals surface area contributed by atoms with Gasteiger partial charge in [0.05, 0.1) is 12.2 Å². The van der Waals surface area contributed by atoms with E-state index in [0.29, 0.717) is 28.8 Å². The molecule has 1 aromatic carbocycles. The van der Waals surface area contributed by atoms with E-state index in [1.165, 1.54) is 4.90 Å². The summed E-state index contributed by atoms with van der Waals surface area (Å²) in [6, 6.07) is 6.03. The summed E-state index contributed by atoms with van der Waals surface area (Å²) in [4.78, 5) is 13.4. The Balaban J connectivity index is 3.30. The van der Waals surface area contributed by atoms with Gasteiger partial charge in [-0.05, 0) is 48.2 Å². The average molecular weight is 353 g/mol. The molecule has 1 aromatic rings. The lowest BCUT2D eigenvalue weighted by Crippen LogP contribution is -2.41. The third kappa shape index (κ3) is 4.21. The fourth-order valence-electron chi connectivity index (χ4n) is 3.70. The summed E-state index contributed by atoms with van der Waals surface area (Å²) < 4.78 is 5.20. The predicted molar refractivity (Wildman–Crippen MR) is 104 cm³/mol. The fraction of sp³-hybridized carbons (Fsp3) is 0.632. The van der Waals surface area contributed by atoms with Crippen LogP contribution in [0, 0.1) is 6.92 Å². The maximum Gasteiger partial charge on any atom is 0.338 e. The van der Waals surface area contributed by atoms with Crippen LogP contribution in [0.3, 0.4) is 0 Å². The SMILES string of the molecule is CCOC(=O)c1cccc(S[Si](C(C)C)(C(C)C)C(C)C)c1C. The van der Waals surface area contributed by atoms with Crippen LogP contribution in [0.2, 0.25) is 16.6 Å². The highest BCUT2D eigenvalue weighted by atomic mass is 32.4. The van der Waals surface area contributed by atoms with Crippen molar-refractivity contribution in [2.24, 2.45) is 0 Å². The largest absolute Gasteiger partial charge is 0.462 e. The summed E-state index contributed by atoms with van der Waals surface area (Å²) in [5.74, 6) is -0.210. The minimum atomic E-state index is -1.61. The van der Waals surface area contributed by atoms with E-state index in [-0.39, 0.29) is 5.97 Å². The summed E-state index contributed by atoms with van der Waals surface area (Å²) in [6.45, 7) is 18.5. The zero-order chi connectivity index (χ0) is 17.8. The molecule has 0 aromatic heterocycles. The number of carbonyl (C=O) groups is 1. The molecule has 0 amide bonds. The number of benzene rings is 1. The van der Waals surface area contributed by atoms with Crippen molar-refractivity contribution in [1.82, 2.24) is 0 Å². The average Bonchev–Trinajstić information content (AvgIpc) is 2.45. The van der Waals surface area contributed by atoms with Crippen molar-refractivity contribution in [2.45, 2.75) is 76.9 Å². The minimum Gasteiger partial charge on any atom is -0.462 e. The molecule has 0 spiro atoms. The molecule has 4 heteroatoms. The van der Waals surface area contributed by atoms with Crippen molar-refractivity contribution in [2.75, 3.05) is 6.61 Å². The first-order valence-corrected chi connectivity index (χ1v) is 12.4. The molecule has 23 heavy (non-hydrogen) atoms. The van der Waals surface area contributed by atoms with Crippen LogP contribution in [0.4, 0.5) is 0 Å². The van der Waals surface area contributed by atoms with Gasteiger partial charge in [0, 0.05) is 4.90 Å². The van der Waals surface area contributed by atoms with Gasteiger partial charge in [-0.2, -0.15) is 0 Å². The standard InChI is InChI=1S/C19H32O2SSi/c1-9-21-19(20)17-11-10-12-18(16(17)8)22-23(13(2)3,14(4)5)15(6)7/h10-15H,9H2,1-8H3. The molecular formula is C19H32O2SSi. The highest BCUT2D eigenvalue weighted by Gasteiger charge is 2.44. The second-order valence-corrected chi connectivity index (χ2v) is 15.6. The minimum absolute atomic E-state index is 0.210. The van der Waals surface area contributed by atoms with Crippen LogP contribution < -0.4 is 0 Å². The molecule has 0 radical (unpaired) electrons. The Morgan fingerprint density at radius 1 is 1.09 bits per heavy atom. The molecule has 130 valence electrons. The molecule has 2 nitrogen and oxygen atoms in total. The molecule has 0 saturated carbocycles. The lowest BCUT2D eigenvalue weighted by molar-refractivity contribution is 0.0525. The summed E-state index contributed by atoms with van der Waals surface area (Å²) in [5, 5.41) is 0. The molecule has 0 bridgehead atoms. The number of esters is 1. The smallest absolute Gasteiger partial charge is 0.338 e. The monoisotopic (exact) mass is 352 g/mol. The Bertz CT molecular complexity index is 516. The van der Waals surface area contributed by atoms with Gasteiger partial charge in [-0.3, -0.25) is 0 Å². The fourth-order valence-corrected chi connectivity index (χ4v) is 13.1. The van der Waals surface area contributed by atoms with E-state index in [4.69, 9.17) is 4.74 Å². The van der Waals surface area contributed by atoms with Gasteiger partial charge < -0.3 is 4.74 Å². The first-order chi connectivity index (χ1) is 10.7. The lowest BCUT2D eigenvalue weighted by Gasteiger charge is -2.42. The molecule has 0 heterocycles. The predicted octanol–water partition coefficient (Wildman–Crippen LogP) is 6.44. The number of ether oxygens (including phenoxy) is 1. The first kappa shape index (κ1) is 20.3. The van der Waals surface area contributed by atoms with Gasteiger partial charge in [-0.1, -0.05) is 47.6 Å². The molecular weight excluding hydrogens is 320 g/mol.